The van der Waals surface area contributed by atoms with Crippen LogP contribution in [0.2, 0.25) is 0 Å². The van der Waals surface area contributed by atoms with Gasteiger partial charge < -0.3 is 30.1 Å². The molecule has 0 atom stereocenters. The number of carbonyl (C=O) groups excluding carboxylic acids is 2. The van der Waals surface area contributed by atoms with E-state index in [-0.39, 0.29) is 47.1 Å². The Balaban J connectivity index is 2.42. The van der Waals surface area contributed by atoms with E-state index in [1.165, 1.54) is 20.1 Å². The van der Waals surface area contributed by atoms with Gasteiger partial charge in [-0.05, 0) is 58.9 Å². The summed E-state index contributed by atoms with van der Waals surface area (Å²) in [4.78, 5) is 49.2. The smallest absolute Gasteiger partial charge is 0.343 e. The summed E-state index contributed by atoms with van der Waals surface area (Å²) < 4.78 is 9.87. The molecule has 0 aliphatic carbocycles. The maximum atomic E-state index is 12.2. The van der Waals surface area contributed by atoms with E-state index < -0.39 is 17.9 Å². The minimum Gasteiger partial charge on any atom is -0.512 e. The highest BCUT2D eigenvalue weighted by atomic mass is 16.5. The van der Waals surface area contributed by atoms with Crippen molar-refractivity contribution in [2.45, 2.75) is 34.6 Å². The third-order valence-electron chi connectivity index (χ3n) is 5.51. The van der Waals surface area contributed by atoms with Crippen molar-refractivity contribution in [2.24, 2.45) is 15.0 Å². The number of nitrogens with zero attached hydrogens (tertiary/aromatic N) is 3. The van der Waals surface area contributed by atoms with Crippen molar-refractivity contribution in [1.82, 2.24) is 0 Å². The summed E-state index contributed by atoms with van der Waals surface area (Å²) in [6.07, 6.45) is 3.48. The zero-order valence-electron chi connectivity index (χ0n) is 24.5. The first-order valence-corrected chi connectivity index (χ1v) is 13.1. The maximum Gasteiger partial charge on any atom is 0.343 e. The van der Waals surface area contributed by atoms with Crippen molar-refractivity contribution in [3.05, 3.63) is 82.5 Å². The molecule has 0 aromatic heterocycles. The summed E-state index contributed by atoms with van der Waals surface area (Å²) >= 11 is 0. The van der Waals surface area contributed by atoms with Crippen LogP contribution in [0.4, 0.5) is 22.7 Å². The van der Waals surface area contributed by atoms with E-state index in [1.54, 1.807) is 69.3 Å². The van der Waals surface area contributed by atoms with Crippen molar-refractivity contribution in [3.63, 3.8) is 0 Å². The molecular weight excluding hydrogens is 556 g/mol. The Morgan fingerprint density at radius 2 is 1.07 bits per heavy atom. The van der Waals surface area contributed by atoms with Crippen LogP contribution < -0.4 is 5.32 Å². The van der Waals surface area contributed by atoms with Gasteiger partial charge in [0, 0.05) is 24.3 Å². The number of ether oxygens (including phenoxy) is 2. The minimum absolute atomic E-state index is 0.118. The summed E-state index contributed by atoms with van der Waals surface area (Å²) in [5.41, 5.74) is 1.18. The molecule has 0 saturated carbocycles. The summed E-state index contributed by atoms with van der Waals surface area (Å²) in [6, 6.07) is 13.3. The van der Waals surface area contributed by atoms with Gasteiger partial charge in [-0.15, -0.1) is 0 Å². The average Bonchev–Trinajstić information content (AvgIpc) is 2.94. The van der Waals surface area contributed by atoms with Crippen LogP contribution in [0.5, 0.6) is 0 Å². The molecule has 2 rings (SSSR count). The summed E-state index contributed by atoms with van der Waals surface area (Å²) in [7, 11) is 0. The first-order chi connectivity index (χ1) is 20.5. The largest absolute Gasteiger partial charge is 0.512 e. The Hall–Kier alpha value is -5.52. The molecule has 0 spiro atoms. The van der Waals surface area contributed by atoms with Gasteiger partial charge in [0.1, 0.15) is 22.7 Å². The lowest BCUT2D eigenvalue weighted by Gasteiger charge is -2.11. The number of aliphatic hydroxyl groups is 2. The Labute approximate surface area is 249 Å². The highest BCUT2D eigenvalue weighted by Crippen LogP contribution is 2.29. The highest BCUT2D eigenvalue weighted by molar-refractivity contribution is 6.12. The second-order valence-corrected chi connectivity index (χ2v) is 8.69. The van der Waals surface area contributed by atoms with Crippen molar-refractivity contribution >= 4 is 59.3 Å². The molecular formula is C31H34N4O8. The van der Waals surface area contributed by atoms with Gasteiger partial charge in [-0.2, -0.15) is 0 Å². The van der Waals surface area contributed by atoms with Crippen molar-refractivity contribution < 1.29 is 39.2 Å². The van der Waals surface area contributed by atoms with Gasteiger partial charge in [-0.3, -0.25) is 15.0 Å². The second kappa shape index (κ2) is 16.7. The fourth-order valence-corrected chi connectivity index (χ4v) is 3.36. The molecule has 226 valence electrons. The molecule has 12 heteroatoms. The molecule has 2 aromatic rings. The quantitative estimate of drug-likeness (QED) is 0.0934. The summed E-state index contributed by atoms with van der Waals surface area (Å²) in [6.45, 7) is 7.72. The number of anilines is 1. The Bertz CT molecular complexity index is 1530. The first kappa shape index (κ1) is 33.7. The van der Waals surface area contributed by atoms with E-state index in [9.17, 15) is 29.7 Å². The fraction of sp³-hybridized carbons (Fsp3) is 0.226. The van der Waals surface area contributed by atoms with E-state index >= 15 is 0 Å². The number of rotatable bonds is 13. The lowest BCUT2D eigenvalue weighted by molar-refractivity contribution is -0.139. The van der Waals surface area contributed by atoms with E-state index in [4.69, 9.17) is 9.47 Å². The molecule has 0 radical (unpaired) electrons. The minimum atomic E-state index is -1.26. The Kier molecular flexibility index (Phi) is 13.1. The number of carboxylic acid groups (broad SMARTS) is 1. The molecule has 0 amide bonds. The number of aliphatic imine (C=N–C) groups is 3. The van der Waals surface area contributed by atoms with Gasteiger partial charge in [0.05, 0.1) is 41.5 Å². The van der Waals surface area contributed by atoms with E-state index in [1.807, 2.05) is 0 Å². The number of allylic oxidation sites excluding steroid dienone is 3. The lowest BCUT2D eigenvalue weighted by atomic mass is 10.2. The first-order valence-electron chi connectivity index (χ1n) is 13.1. The topological polar surface area (TPSA) is 179 Å². The average molecular weight is 591 g/mol. The molecule has 12 nitrogen and oxygen atoms in total. The van der Waals surface area contributed by atoms with Crippen molar-refractivity contribution in [2.75, 3.05) is 18.5 Å². The molecule has 0 aliphatic heterocycles. The zero-order chi connectivity index (χ0) is 31.9. The van der Waals surface area contributed by atoms with Crippen LogP contribution >= 0.6 is 0 Å². The van der Waals surface area contributed by atoms with Crippen LogP contribution in [0, 0.1) is 0 Å². The SMILES string of the molecule is CCOC(=O)/C(C=Nc1ccccc1N/C(C)=C(\C=Nc1ccccc1N=C/C(C(=O)OCC)=C(/C)O)C(=O)O)=C(/C)O. The van der Waals surface area contributed by atoms with Gasteiger partial charge in [0.2, 0.25) is 0 Å². The second-order valence-electron chi connectivity index (χ2n) is 8.69. The van der Waals surface area contributed by atoms with E-state index in [2.05, 4.69) is 20.3 Å². The number of aliphatic hydroxyl groups excluding tert-OH is 2. The molecule has 0 fully saturated rings. The number of aliphatic carboxylic acids is 1. The number of hydrogen-bond acceptors (Lipinski definition) is 11. The molecule has 43 heavy (non-hydrogen) atoms. The summed E-state index contributed by atoms with van der Waals surface area (Å²) in [5, 5.41) is 32.7. The molecule has 0 unspecified atom stereocenters. The monoisotopic (exact) mass is 590 g/mol. The van der Waals surface area contributed by atoms with Crippen LogP contribution in [-0.2, 0) is 23.9 Å². The highest BCUT2D eigenvalue weighted by Gasteiger charge is 2.15. The number of hydrogen-bond donors (Lipinski definition) is 4. The van der Waals surface area contributed by atoms with E-state index in [0.29, 0.717) is 22.7 Å². The molecule has 0 aliphatic rings. The van der Waals surface area contributed by atoms with Gasteiger partial charge in [0.25, 0.3) is 0 Å². The van der Waals surface area contributed by atoms with Gasteiger partial charge >= 0.3 is 17.9 Å². The lowest BCUT2D eigenvalue weighted by Crippen LogP contribution is -2.11. The number of benzene rings is 2. The zero-order valence-corrected chi connectivity index (χ0v) is 24.5. The van der Waals surface area contributed by atoms with Gasteiger partial charge in [0.15, 0.2) is 0 Å². The molecule has 0 saturated heterocycles. The number of carbonyl (C=O) groups is 3. The number of esters is 2. The Morgan fingerprint density at radius 3 is 1.49 bits per heavy atom. The van der Waals surface area contributed by atoms with E-state index in [0.717, 1.165) is 12.4 Å². The van der Waals surface area contributed by atoms with Crippen LogP contribution in [0.15, 0.2) is 97.4 Å². The number of nitrogens with one attached hydrogen (secondary N) is 1. The molecule has 4 N–H and O–H groups in total. The van der Waals surface area contributed by atoms with Crippen molar-refractivity contribution in [3.8, 4) is 0 Å². The van der Waals surface area contributed by atoms with Crippen LogP contribution in [0.1, 0.15) is 34.6 Å². The summed E-state index contributed by atoms with van der Waals surface area (Å²) in [5.74, 6) is -3.28. The van der Waals surface area contributed by atoms with Crippen LogP contribution in [0.3, 0.4) is 0 Å². The van der Waals surface area contributed by atoms with Gasteiger partial charge in [-0.25, -0.2) is 14.4 Å². The third-order valence-corrected chi connectivity index (χ3v) is 5.51. The fourth-order valence-electron chi connectivity index (χ4n) is 3.36. The standard InChI is InChI=1S/C31H34N4O8/c1-6-42-30(40)23(20(4)36)17-33-26-13-9-8-12-25(26)32-16-22(29(38)39)19(3)35-28-15-11-10-14-27(28)34-18-24(21(5)37)31(41)43-7-2/h8-18,35-37H,6-7H2,1-5H3,(H,38,39)/b22-19+,23-20+,24-21-,32-16?,33-17?,34-18?. The normalized spacial score (nSPS) is 13.4. The van der Waals surface area contributed by atoms with Crippen LogP contribution in [-0.4, -0.2) is 65.1 Å². The van der Waals surface area contributed by atoms with Gasteiger partial charge in [-0.1, -0.05) is 24.3 Å². The predicted octanol–water partition coefficient (Wildman–Crippen LogP) is 6.05. The van der Waals surface area contributed by atoms with Crippen LogP contribution in [0.25, 0.3) is 0 Å². The number of para-hydroxylation sites is 4. The maximum absolute atomic E-state index is 12.2. The molecule has 0 bridgehead atoms. The number of carboxylic acids is 1. The predicted molar refractivity (Wildman–Crippen MR) is 165 cm³/mol. The molecule has 0 heterocycles. The van der Waals surface area contributed by atoms with Crippen molar-refractivity contribution in [1.29, 1.82) is 0 Å². The third kappa shape index (κ3) is 10.1. The molecule has 2 aromatic carbocycles. The Morgan fingerprint density at radius 1 is 0.674 bits per heavy atom.